The standard InChI is InChI=1S/C17H18N4O4/c1-9-2-4-10(5-3-9)12-13-16(19-7-18-12)21(8-20-13)17-15(24)14(23)11(6-22)25-17/h2-5,7-8,11,14-15,17,22-24H,6H2,1H3/t11-,14?,15?,17-/m1/s1. The van der Waals surface area contributed by atoms with E-state index in [0.29, 0.717) is 16.9 Å². The van der Waals surface area contributed by atoms with Gasteiger partial charge < -0.3 is 20.1 Å². The lowest BCUT2D eigenvalue weighted by Crippen LogP contribution is -2.33. The van der Waals surface area contributed by atoms with Crippen LogP contribution in [0.2, 0.25) is 0 Å². The molecule has 130 valence electrons. The number of aryl methyl sites for hydroxylation is 1. The van der Waals surface area contributed by atoms with Gasteiger partial charge >= 0.3 is 0 Å². The fourth-order valence-corrected chi connectivity index (χ4v) is 3.07. The first-order valence-corrected chi connectivity index (χ1v) is 7.97. The normalized spacial score (nSPS) is 26.4. The number of aromatic nitrogens is 4. The van der Waals surface area contributed by atoms with E-state index in [-0.39, 0.29) is 6.61 Å². The van der Waals surface area contributed by atoms with Crippen LogP contribution in [0.25, 0.3) is 22.4 Å². The second-order valence-electron chi connectivity index (χ2n) is 6.14. The molecule has 8 nitrogen and oxygen atoms in total. The third-order valence-corrected chi connectivity index (χ3v) is 4.48. The summed E-state index contributed by atoms with van der Waals surface area (Å²) in [5.41, 5.74) is 3.79. The molecule has 0 saturated carbocycles. The van der Waals surface area contributed by atoms with Gasteiger partial charge in [0.05, 0.1) is 12.9 Å². The number of fused-ring (bicyclic) bond motifs is 1. The Hall–Kier alpha value is -2.39. The minimum absolute atomic E-state index is 0.384. The average molecular weight is 342 g/mol. The molecule has 0 radical (unpaired) electrons. The molecule has 8 heteroatoms. The third kappa shape index (κ3) is 2.59. The molecule has 4 atom stereocenters. The van der Waals surface area contributed by atoms with Crippen LogP contribution in [-0.2, 0) is 4.74 Å². The van der Waals surface area contributed by atoms with Gasteiger partial charge in [0.15, 0.2) is 11.9 Å². The fraction of sp³-hybridized carbons (Fsp3) is 0.353. The number of nitrogens with zero attached hydrogens (tertiary/aromatic N) is 4. The smallest absolute Gasteiger partial charge is 0.166 e. The molecule has 1 aromatic carbocycles. The molecule has 0 spiro atoms. The van der Waals surface area contributed by atoms with Crippen LogP contribution < -0.4 is 0 Å². The highest BCUT2D eigenvalue weighted by Gasteiger charge is 2.44. The lowest BCUT2D eigenvalue weighted by Gasteiger charge is -2.16. The Morgan fingerprint density at radius 3 is 2.52 bits per heavy atom. The molecular formula is C17H18N4O4. The maximum Gasteiger partial charge on any atom is 0.166 e. The van der Waals surface area contributed by atoms with E-state index < -0.39 is 24.5 Å². The zero-order valence-electron chi connectivity index (χ0n) is 13.5. The van der Waals surface area contributed by atoms with Crippen molar-refractivity contribution >= 4 is 11.2 Å². The van der Waals surface area contributed by atoms with E-state index in [1.165, 1.54) is 12.7 Å². The zero-order valence-corrected chi connectivity index (χ0v) is 13.5. The van der Waals surface area contributed by atoms with Gasteiger partial charge in [-0.1, -0.05) is 29.8 Å². The number of rotatable bonds is 3. The zero-order chi connectivity index (χ0) is 17.6. The summed E-state index contributed by atoms with van der Waals surface area (Å²) in [6, 6.07) is 7.91. The molecule has 1 aliphatic rings. The minimum atomic E-state index is -1.19. The van der Waals surface area contributed by atoms with E-state index in [9.17, 15) is 15.3 Å². The highest BCUT2D eigenvalue weighted by Crippen LogP contribution is 2.32. The van der Waals surface area contributed by atoms with Gasteiger partial charge in [-0.25, -0.2) is 15.0 Å². The Labute approximate surface area is 143 Å². The Bertz CT molecular complexity index is 895. The highest BCUT2D eigenvalue weighted by atomic mass is 16.6. The summed E-state index contributed by atoms with van der Waals surface area (Å²) >= 11 is 0. The molecular weight excluding hydrogens is 324 g/mol. The summed E-state index contributed by atoms with van der Waals surface area (Å²) in [4.78, 5) is 13.0. The van der Waals surface area contributed by atoms with Crippen molar-refractivity contribution in [3.05, 3.63) is 42.5 Å². The van der Waals surface area contributed by atoms with Crippen LogP contribution in [0.5, 0.6) is 0 Å². The molecule has 25 heavy (non-hydrogen) atoms. The molecule has 0 aliphatic carbocycles. The lowest BCUT2D eigenvalue weighted by atomic mass is 10.1. The number of hydrogen-bond acceptors (Lipinski definition) is 7. The number of ether oxygens (including phenoxy) is 1. The first-order chi connectivity index (χ1) is 12.1. The van der Waals surface area contributed by atoms with Crippen molar-refractivity contribution in [3.8, 4) is 11.3 Å². The van der Waals surface area contributed by atoms with Crippen LogP contribution in [0, 0.1) is 6.92 Å². The van der Waals surface area contributed by atoms with Gasteiger partial charge in [-0.2, -0.15) is 0 Å². The van der Waals surface area contributed by atoms with E-state index >= 15 is 0 Å². The SMILES string of the molecule is Cc1ccc(-c2ncnc3c2ncn3[C@@H]2O[C@H](CO)C(O)C2O)cc1. The van der Waals surface area contributed by atoms with Crippen molar-refractivity contribution in [2.75, 3.05) is 6.61 Å². The van der Waals surface area contributed by atoms with Gasteiger partial charge in [0.2, 0.25) is 0 Å². The predicted octanol–water partition coefficient (Wildman–Crippen LogP) is 0.413. The maximum absolute atomic E-state index is 10.2. The molecule has 0 bridgehead atoms. The van der Waals surface area contributed by atoms with E-state index in [1.54, 1.807) is 4.57 Å². The van der Waals surface area contributed by atoms with Crippen LogP contribution >= 0.6 is 0 Å². The van der Waals surface area contributed by atoms with Crippen molar-refractivity contribution in [2.45, 2.75) is 31.5 Å². The molecule has 1 saturated heterocycles. The molecule has 4 rings (SSSR count). The topological polar surface area (TPSA) is 114 Å². The second kappa shape index (κ2) is 6.16. The number of aliphatic hydroxyl groups excluding tert-OH is 3. The molecule has 2 unspecified atom stereocenters. The largest absolute Gasteiger partial charge is 0.394 e. The molecule has 2 aromatic heterocycles. The van der Waals surface area contributed by atoms with Crippen molar-refractivity contribution in [1.29, 1.82) is 0 Å². The van der Waals surface area contributed by atoms with Crippen LogP contribution in [0.1, 0.15) is 11.8 Å². The van der Waals surface area contributed by atoms with Crippen molar-refractivity contribution < 1.29 is 20.1 Å². The fourth-order valence-electron chi connectivity index (χ4n) is 3.07. The van der Waals surface area contributed by atoms with Crippen LogP contribution in [0.3, 0.4) is 0 Å². The monoisotopic (exact) mass is 342 g/mol. The summed E-state index contributed by atoms with van der Waals surface area (Å²) in [5, 5.41) is 29.4. The van der Waals surface area contributed by atoms with E-state index in [0.717, 1.165) is 11.1 Å². The summed E-state index contributed by atoms with van der Waals surface area (Å²) in [7, 11) is 0. The third-order valence-electron chi connectivity index (χ3n) is 4.48. The van der Waals surface area contributed by atoms with E-state index in [1.807, 2.05) is 31.2 Å². The second-order valence-corrected chi connectivity index (χ2v) is 6.14. The lowest BCUT2D eigenvalue weighted by molar-refractivity contribution is -0.0511. The Kier molecular flexibility index (Phi) is 3.97. The van der Waals surface area contributed by atoms with E-state index in [4.69, 9.17) is 4.74 Å². The summed E-state index contributed by atoms with van der Waals surface area (Å²) < 4.78 is 7.12. The molecule has 3 aromatic rings. The predicted molar refractivity (Wildman–Crippen MR) is 88.5 cm³/mol. The Balaban J connectivity index is 1.78. The summed E-state index contributed by atoms with van der Waals surface area (Å²) in [6.45, 7) is 1.63. The molecule has 1 fully saturated rings. The molecule has 0 amide bonds. The number of aliphatic hydroxyl groups is 3. The van der Waals surface area contributed by atoms with Gasteiger partial charge in [-0.05, 0) is 6.92 Å². The molecule has 3 heterocycles. The van der Waals surface area contributed by atoms with Crippen molar-refractivity contribution in [1.82, 2.24) is 19.5 Å². The summed E-state index contributed by atoms with van der Waals surface area (Å²) in [5.74, 6) is 0. The van der Waals surface area contributed by atoms with Crippen molar-refractivity contribution in [2.24, 2.45) is 0 Å². The van der Waals surface area contributed by atoms with Crippen LogP contribution in [-0.4, -0.2) is 59.8 Å². The number of benzene rings is 1. The Morgan fingerprint density at radius 2 is 1.84 bits per heavy atom. The quantitative estimate of drug-likeness (QED) is 0.632. The highest BCUT2D eigenvalue weighted by molar-refractivity contribution is 5.87. The molecule has 1 aliphatic heterocycles. The average Bonchev–Trinajstić information content (AvgIpc) is 3.17. The van der Waals surface area contributed by atoms with Crippen molar-refractivity contribution in [3.63, 3.8) is 0 Å². The first kappa shape index (κ1) is 16.1. The Morgan fingerprint density at radius 1 is 1.08 bits per heavy atom. The van der Waals surface area contributed by atoms with Gasteiger partial charge in [-0.15, -0.1) is 0 Å². The molecule has 3 N–H and O–H groups in total. The van der Waals surface area contributed by atoms with Gasteiger partial charge in [0.1, 0.15) is 35.8 Å². The van der Waals surface area contributed by atoms with E-state index in [2.05, 4.69) is 15.0 Å². The van der Waals surface area contributed by atoms with Gasteiger partial charge in [0.25, 0.3) is 0 Å². The summed E-state index contributed by atoms with van der Waals surface area (Å²) in [6.07, 6.45) is -1.17. The maximum atomic E-state index is 10.2. The number of imidazole rings is 1. The minimum Gasteiger partial charge on any atom is -0.394 e. The van der Waals surface area contributed by atoms with Gasteiger partial charge in [0, 0.05) is 5.56 Å². The number of hydrogen-bond donors (Lipinski definition) is 3. The van der Waals surface area contributed by atoms with Crippen LogP contribution in [0.15, 0.2) is 36.9 Å². The first-order valence-electron chi connectivity index (χ1n) is 7.97. The van der Waals surface area contributed by atoms with Gasteiger partial charge in [-0.3, -0.25) is 4.57 Å². The van der Waals surface area contributed by atoms with Crippen LogP contribution in [0.4, 0.5) is 0 Å².